The monoisotopic (exact) mass is 102 g/mol. The van der Waals surface area contributed by atoms with E-state index in [9.17, 15) is 4.79 Å². The average molecular weight is 102 g/mol. The second-order valence-corrected chi connectivity index (χ2v) is 1.34. The van der Waals surface area contributed by atoms with Crippen LogP contribution in [0.2, 0.25) is 0 Å². The van der Waals surface area contributed by atoms with Crippen molar-refractivity contribution in [1.82, 2.24) is 16.2 Å². The predicted molar refractivity (Wildman–Crippen MR) is 25.3 cm³/mol. The lowest BCUT2D eigenvalue weighted by Gasteiger charge is -2.06. The summed E-state index contributed by atoms with van der Waals surface area (Å²) >= 11 is 0. The molecule has 0 rings (SSSR count). The molecule has 2 N–H and O–H groups in total. The maximum absolute atomic E-state index is 9.77. The van der Waals surface area contributed by atoms with Gasteiger partial charge in [-0.3, -0.25) is 5.43 Å². The summed E-state index contributed by atoms with van der Waals surface area (Å²) < 4.78 is 0. The van der Waals surface area contributed by atoms with Crippen molar-refractivity contribution in [2.24, 2.45) is 0 Å². The molecule has 0 aromatic rings. The molecule has 0 saturated carbocycles. The average Bonchev–Trinajstić information content (AvgIpc) is 1.27. The Morgan fingerprint density at radius 1 is 1.71 bits per heavy atom. The van der Waals surface area contributed by atoms with Crippen LogP contribution in [0.15, 0.2) is 0 Å². The lowest BCUT2D eigenvalue weighted by atomic mass is 11.0. The molecule has 0 saturated heterocycles. The summed E-state index contributed by atoms with van der Waals surface area (Å²) in [6.07, 6.45) is 0. The van der Waals surface area contributed by atoms with E-state index in [1.54, 1.807) is 14.1 Å². The minimum Gasteiger partial charge on any atom is -0.270 e. The van der Waals surface area contributed by atoms with Crippen LogP contribution in [0.5, 0.6) is 0 Å². The third kappa shape index (κ3) is 5.23. The van der Waals surface area contributed by atoms with E-state index in [0.717, 1.165) is 0 Å². The molecule has 0 fully saturated rings. The Labute approximate surface area is 42.3 Å². The molecule has 2 amide bonds. The number of hydrazine groups is 1. The van der Waals surface area contributed by atoms with Crippen LogP contribution in [-0.2, 0) is 0 Å². The number of hydrogen-bond acceptors (Lipinski definition) is 2. The van der Waals surface area contributed by atoms with Crippen LogP contribution in [0.25, 0.3) is 0 Å². The van der Waals surface area contributed by atoms with Crippen LogP contribution in [0.3, 0.4) is 0 Å². The van der Waals surface area contributed by atoms with Crippen molar-refractivity contribution in [1.29, 1.82) is 0 Å². The molecule has 0 bridgehead atoms. The number of rotatable bonds is 1. The zero-order chi connectivity index (χ0) is 5.86. The van der Waals surface area contributed by atoms with Gasteiger partial charge in [0.1, 0.15) is 0 Å². The van der Waals surface area contributed by atoms with Gasteiger partial charge < -0.3 is 0 Å². The number of nitrogens with one attached hydrogen (secondary N) is 2. The highest BCUT2D eigenvalue weighted by Gasteiger charge is 1.89. The fourth-order valence-corrected chi connectivity index (χ4v) is 0.203. The fraction of sp³-hybridized carbons (Fsp3) is 0.667. The van der Waals surface area contributed by atoms with Gasteiger partial charge in [0, 0.05) is 14.1 Å². The van der Waals surface area contributed by atoms with E-state index in [2.05, 4.69) is 5.43 Å². The van der Waals surface area contributed by atoms with E-state index < -0.39 is 6.03 Å². The van der Waals surface area contributed by atoms with Crippen LogP contribution in [-0.4, -0.2) is 25.1 Å². The molecule has 0 aliphatic rings. The molecule has 0 aliphatic carbocycles. The molecule has 0 spiro atoms. The van der Waals surface area contributed by atoms with E-state index in [0.29, 0.717) is 0 Å². The summed E-state index contributed by atoms with van der Waals surface area (Å²) in [5.74, 6) is 0. The number of nitrogens with zero attached hydrogens (tertiary/aromatic N) is 1. The van der Waals surface area contributed by atoms with Gasteiger partial charge in [0.15, 0.2) is 0 Å². The van der Waals surface area contributed by atoms with Crippen molar-refractivity contribution in [2.45, 2.75) is 0 Å². The second kappa shape index (κ2) is 2.41. The number of hydrogen-bond donors (Lipinski definition) is 1. The highest BCUT2D eigenvalue weighted by molar-refractivity contribution is 5.69. The number of amides is 2. The summed E-state index contributed by atoms with van der Waals surface area (Å²) in [4.78, 5) is 9.77. The molecule has 0 aliphatic heterocycles. The van der Waals surface area contributed by atoms with Crippen LogP contribution < -0.4 is 11.2 Å². The first kappa shape index (κ1) is 6.23. The molecule has 0 heterocycles. The van der Waals surface area contributed by atoms with E-state index in [-0.39, 0.29) is 0 Å². The van der Waals surface area contributed by atoms with Gasteiger partial charge in [-0.2, -0.15) is 0 Å². The summed E-state index contributed by atoms with van der Waals surface area (Å²) in [5.41, 5.74) is 8.48. The Morgan fingerprint density at radius 3 is 2.14 bits per heavy atom. The summed E-state index contributed by atoms with van der Waals surface area (Å²) in [6, 6.07) is -0.787. The molecule has 0 unspecified atom stereocenters. The third-order valence-corrected chi connectivity index (χ3v) is 0.325. The first-order valence-corrected chi connectivity index (χ1v) is 1.82. The zero-order valence-corrected chi connectivity index (χ0v) is 4.36. The minimum atomic E-state index is -0.787. The first-order chi connectivity index (χ1) is 3.13. The van der Waals surface area contributed by atoms with Crippen molar-refractivity contribution in [3.63, 3.8) is 0 Å². The van der Waals surface area contributed by atoms with Gasteiger partial charge in [-0.1, -0.05) is 0 Å². The molecule has 0 atom stereocenters. The minimum absolute atomic E-state index is 0.787. The van der Waals surface area contributed by atoms with Crippen molar-refractivity contribution in [2.75, 3.05) is 14.1 Å². The Hall–Kier alpha value is -0.770. The van der Waals surface area contributed by atoms with E-state index in [4.69, 9.17) is 5.73 Å². The lowest BCUT2D eigenvalue weighted by Crippen LogP contribution is -2.35. The number of carbonyl (C=O) groups is 1. The molecule has 41 valence electrons. The maximum atomic E-state index is 9.77. The van der Waals surface area contributed by atoms with Gasteiger partial charge in [0.2, 0.25) is 0 Å². The molecule has 0 aromatic carbocycles. The standard InChI is InChI=1S/C3H8N3O/c1-6(2)5-3(4)7/h4H,1-2H3,(H,5,7). The zero-order valence-electron chi connectivity index (χ0n) is 4.36. The third-order valence-electron chi connectivity index (χ3n) is 0.325. The van der Waals surface area contributed by atoms with Crippen molar-refractivity contribution in [3.8, 4) is 0 Å². The van der Waals surface area contributed by atoms with E-state index in [1.807, 2.05) is 0 Å². The largest absolute Gasteiger partial charge is 0.348 e. The number of urea groups is 1. The van der Waals surface area contributed by atoms with Gasteiger partial charge in [-0.25, -0.2) is 15.5 Å². The molecule has 4 heteroatoms. The van der Waals surface area contributed by atoms with Crippen LogP contribution in [0, 0.1) is 0 Å². The van der Waals surface area contributed by atoms with Crippen LogP contribution in [0.1, 0.15) is 0 Å². The van der Waals surface area contributed by atoms with Crippen molar-refractivity contribution in [3.05, 3.63) is 0 Å². The van der Waals surface area contributed by atoms with Gasteiger partial charge in [-0.05, 0) is 0 Å². The highest BCUT2D eigenvalue weighted by Crippen LogP contribution is 1.60. The molecule has 4 nitrogen and oxygen atoms in total. The normalized spacial score (nSPS) is 9.00. The molecule has 7 heavy (non-hydrogen) atoms. The first-order valence-electron chi connectivity index (χ1n) is 1.82. The molecular formula is C3H8N3O. The summed E-state index contributed by atoms with van der Waals surface area (Å²) in [7, 11) is 3.29. The van der Waals surface area contributed by atoms with Crippen LogP contribution in [0.4, 0.5) is 4.79 Å². The Balaban J connectivity index is 3.13. The predicted octanol–water partition coefficient (Wildman–Crippen LogP) is -0.544. The van der Waals surface area contributed by atoms with Crippen LogP contribution >= 0.6 is 0 Å². The van der Waals surface area contributed by atoms with Gasteiger partial charge >= 0.3 is 6.03 Å². The van der Waals surface area contributed by atoms with Gasteiger partial charge in [0.05, 0.1) is 0 Å². The van der Waals surface area contributed by atoms with Crippen molar-refractivity contribution < 1.29 is 4.79 Å². The topological polar surface area (TPSA) is 56.1 Å². The quantitative estimate of drug-likeness (QED) is 0.452. The Bertz CT molecular complexity index is 70.6. The SMILES string of the molecule is CN(C)NC([NH])=O. The fourth-order valence-electron chi connectivity index (χ4n) is 0.203. The van der Waals surface area contributed by atoms with E-state index >= 15 is 0 Å². The highest BCUT2D eigenvalue weighted by atomic mass is 16.2. The Kier molecular flexibility index (Phi) is 2.15. The van der Waals surface area contributed by atoms with Gasteiger partial charge in [0.25, 0.3) is 0 Å². The smallest absolute Gasteiger partial charge is 0.270 e. The van der Waals surface area contributed by atoms with Crippen molar-refractivity contribution >= 4 is 6.03 Å². The molecular weight excluding hydrogens is 94.1 g/mol. The molecule has 1 radical (unpaired) electrons. The summed E-state index contributed by atoms with van der Waals surface area (Å²) in [6.45, 7) is 0. The molecule has 0 aromatic heterocycles. The summed E-state index contributed by atoms with van der Waals surface area (Å²) in [5, 5.41) is 1.41. The number of carbonyl (C=O) groups excluding carboxylic acids is 1. The lowest BCUT2D eigenvalue weighted by molar-refractivity contribution is 0.219. The maximum Gasteiger partial charge on any atom is 0.348 e. The van der Waals surface area contributed by atoms with Gasteiger partial charge in [-0.15, -0.1) is 0 Å². The second-order valence-electron chi connectivity index (χ2n) is 1.34. The van der Waals surface area contributed by atoms with E-state index in [1.165, 1.54) is 5.01 Å². The Morgan fingerprint density at radius 2 is 2.14 bits per heavy atom.